The highest BCUT2D eigenvalue weighted by molar-refractivity contribution is 5.63. The van der Waals surface area contributed by atoms with E-state index in [9.17, 15) is 0 Å². The molecule has 0 saturated carbocycles. The molecule has 4 aromatic rings. The maximum absolute atomic E-state index is 5.78. The second-order valence-corrected chi connectivity index (χ2v) is 5.03. The molecule has 0 aliphatic rings. The summed E-state index contributed by atoms with van der Waals surface area (Å²) < 4.78 is 12.7. The van der Waals surface area contributed by atoms with Gasteiger partial charge in [0.25, 0.3) is 0 Å². The molecule has 0 radical (unpaired) electrons. The second kappa shape index (κ2) is 5.53. The van der Waals surface area contributed by atoms with Crippen LogP contribution in [0.25, 0.3) is 16.9 Å². The van der Waals surface area contributed by atoms with Gasteiger partial charge in [-0.15, -0.1) is 15.3 Å². The maximum Gasteiger partial charge on any atom is 0.232 e. The molecule has 0 atom stereocenters. The molecule has 0 amide bonds. The van der Waals surface area contributed by atoms with Crippen molar-refractivity contribution in [2.45, 2.75) is 13.5 Å². The second-order valence-electron chi connectivity index (χ2n) is 5.03. The lowest BCUT2D eigenvalue weighted by molar-refractivity contribution is 0.286. The molecular weight excluding hydrogens is 294 g/mol. The zero-order valence-corrected chi connectivity index (χ0v) is 12.4. The summed E-state index contributed by atoms with van der Waals surface area (Å²) in [7, 11) is 0. The minimum Gasteiger partial charge on any atom is -0.472 e. The first-order valence-corrected chi connectivity index (χ1v) is 7.12. The quantitative estimate of drug-likeness (QED) is 0.577. The van der Waals surface area contributed by atoms with Crippen LogP contribution in [0.15, 0.2) is 53.3 Å². The van der Waals surface area contributed by atoms with E-state index in [1.54, 1.807) is 16.6 Å². The standard InChI is InChI=1S/C16H13N5O2/c1-11-13(16(20-23-11)12-5-3-2-4-6-12)9-22-15-8-7-14-18-17-10-21(14)19-15/h2-8,10H,9H2,1H3. The number of fused-ring (bicyclic) bond motifs is 1. The number of ether oxygens (including phenoxy) is 1. The molecule has 0 aliphatic heterocycles. The van der Waals surface area contributed by atoms with Crippen molar-refractivity contribution in [3.8, 4) is 17.1 Å². The van der Waals surface area contributed by atoms with Crippen LogP contribution in [0.5, 0.6) is 5.88 Å². The first-order valence-electron chi connectivity index (χ1n) is 7.12. The molecule has 7 nitrogen and oxygen atoms in total. The molecule has 1 aromatic carbocycles. The molecule has 0 aliphatic carbocycles. The van der Waals surface area contributed by atoms with Crippen molar-refractivity contribution in [1.82, 2.24) is 25.0 Å². The Labute approximate surface area is 131 Å². The van der Waals surface area contributed by atoms with Gasteiger partial charge in [0, 0.05) is 11.6 Å². The Bertz CT molecular complexity index is 945. The summed E-state index contributed by atoms with van der Waals surface area (Å²) in [6, 6.07) is 13.4. The zero-order chi connectivity index (χ0) is 15.6. The molecule has 0 N–H and O–H groups in total. The van der Waals surface area contributed by atoms with Crippen LogP contribution in [-0.2, 0) is 6.61 Å². The number of benzene rings is 1. The van der Waals surface area contributed by atoms with E-state index in [1.165, 1.54) is 6.33 Å². The van der Waals surface area contributed by atoms with Gasteiger partial charge in [0.2, 0.25) is 5.88 Å². The van der Waals surface area contributed by atoms with Crippen molar-refractivity contribution < 1.29 is 9.26 Å². The molecule has 3 aromatic heterocycles. The van der Waals surface area contributed by atoms with Crippen LogP contribution in [0.3, 0.4) is 0 Å². The van der Waals surface area contributed by atoms with Crippen molar-refractivity contribution in [3.05, 3.63) is 60.1 Å². The number of aromatic nitrogens is 5. The van der Waals surface area contributed by atoms with Crippen LogP contribution in [0, 0.1) is 6.92 Å². The first kappa shape index (κ1) is 13.4. The molecule has 114 valence electrons. The molecule has 0 saturated heterocycles. The summed E-state index contributed by atoms with van der Waals surface area (Å²) in [5.74, 6) is 1.21. The fourth-order valence-corrected chi connectivity index (χ4v) is 2.32. The summed E-state index contributed by atoms with van der Waals surface area (Å²) in [4.78, 5) is 0. The van der Waals surface area contributed by atoms with E-state index in [-0.39, 0.29) is 0 Å². The van der Waals surface area contributed by atoms with Crippen molar-refractivity contribution in [3.63, 3.8) is 0 Å². The largest absolute Gasteiger partial charge is 0.472 e. The Morgan fingerprint density at radius 3 is 2.87 bits per heavy atom. The lowest BCUT2D eigenvalue weighted by Gasteiger charge is -2.06. The number of hydrogen-bond donors (Lipinski definition) is 0. The van der Waals surface area contributed by atoms with Crippen LogP contribution in [0.2, 0.25) is 0 Å². The highest BCUT2D eigenvalue weighted by Crippen LogP contribution is 2.26. The third-order valence-corrected chi connectivity index (χ3v) is 3.53. The summed E-state index contributed by atoms with van der Waals surface area (Å²) in [5.41, 5.74) is 3.35. The summed E-state index contributed by atoms with van der Waals surface area (Å²) in [6.07, 6.45) is 1.53. The van der Waals surface area contributed by atoms with Crippen molar-refractivity contribution in [2.75, 3.05) is 0 Å². The molecular formula is C16H13N5O2. The monoisotopic (exact) mass is 307 g/mol. The van der Waals surface area contributed by atoms with Gasteiger partial charge in [-0.05, 0) is 13.0 Å². The molecule has 0 spiro atoms. The van der Waals surface area contributed by atoms with Crippen LogP contribution >= 0.6 is 0 Å². The third-order valence-electron chi connectivity index (χ3n) is 3.53. The van der Waals surface area contributed by atoms with Crippen molar-refractivity contribution >= 4 is 5.65 Å². The van der Waals surface area contributed by atoms with Gasteiger partial charge < -0.3 is 9.26 Å². The molecule has 3 heterocycles. The van der Waals surface area contributed by atoms with E-state index >= 15 is 0 Å². The minimum atomic E-state index is 0.320. The van der Waals surface area contributed by atoms with Gasteiger partial charge in [-0.2, -0.15) is 4.52 Å². The lowest BCUT2D eigenvalue weighted by Crippen LogP contribution is -2.01. The van der Waals surface area contributed by atoms with Gasteiger partial charge in [-0.1, -0.05) is 35.5 Å². The van der Waals surface area contributed by atoms with Gasteiger partial charge in [0.1, 0.15) is 24.4 Å². The highest BCUT2D eigenvalue weighted by atomic mass is 16.5. The zero-order valence-electron chi connectivity index (χ0n) is 12.4. The Balaban J connectivity index is 1.60. The predicted octanol–water partition coefficient (Wildman–Crippen LogP) is 2.67. The van der Waals surface area contributed by atoms with Crippen molar-refractivity contribution in [2.24, 2.45) is 0 Å². The van der Waals surface area contributed by atoms with Crippen LogP contribution < -0.4 is 4.74 Å². The Hall–Kier alpha value is -3.22. The maximum atomic E-state index is 5.78. The number of aryl methyl sites for hydroxylation is 1. The average Bonchev–Trinajstić information content (AvgIpc) is 3.19. The van der Waals surface area contributed by atoms with E-state index in [0.717, 1.165) is 22.6 Å². The van der Waals surface area contributed by atoms with E-state index in [0.29, 0.717) is 18.1 Å². The molecule has 4 rings (SSSR count). The SMILES string of the molecule is Cc1onc(-c2ccccc2)c1COc1ccc2nncn2n1. The van der Waals surface area contributed by atoms with E-state index in [4.69, 9.17) is 9.26 Å². The normalized spacial score (nSPS) is 11.0. The summed E-state index contributed by atoms with van der Waals surface area (Å²) in [5, 5.41) is 16.1. The van der Waals surface area contributed by atoms with Gasteiger partial charge in [-0.25, -0.2) is 0 Å². The molecule has 0 fully saturated rings. The Morgan fingerprint density at radius 1 is 1.13 bits per heavy atom. The number of hydrogen-bond acceptors (Lipinski definition) is 6. The van der Waals surface area contributed by atoms with E-state index < -0.39 is 0 Å². The number of rotatable bonds is 4. The molecule has 23 heavy (non-hydrogen) atoms. The molecule has 7 heteroatoms. The van der Waals surface area contributed by atoms with Crippen LogP contribution in [0.4, 0.5) is 0 Å². The Morgan fingerprint density at radius 2 is 2.00 bits per heavy atom. The smallest absolute Gasteiger partial charge is 0.232 e. The number of nitrogens with zero attached hydrogens (tertiary/aromatic N) is 5. The fraction of sp³-hybridized carbons (Fsp3) is 0.125. The van der Waals surface area contributed by atoms with Gasteiger partial charge in [-0.3, -0.25) is 0 Å². The fourth-order valence-electron chi connectivity index (χ4n) is 2.32. The topological polar surface area (TPSA) is 78.3 Å². The Kier molecular flexibility index (Phi) is 3.23. The predicted molar refractivity (Wildman–Crippen MR) is 81.8 cm³/mol. The molecule has 0 bridgehead atoms. The summed E-state index contributed by atoms with van der Waals surface area (Å²) in [6.45, 7) is 2.19. The summed E-state index contributed by atoms with van der Waals surface area (Å²) >= 11 is 0. The highest BCUT2D eigenvalue weighted by Gasteiger charge is 2.15. The van der Waals surface area contributed by atoms with Gasteiger partial charge in [0.05, 0.1) is 5.56 Å². The van der Waals surface area contributed by atoms with Gasteiger partial charge in [0.15, 0.2) is 5.65 Å². The first-order chi connectivity index (χ1) is 11.3. The van der Waals surface area contributed by atoms with Crippen molar-refractivity contribution in [1.29, 1.82) is 0 Å². The minimum absolute atomic E-state index is 0.320. The lowest BCUT2D eigenvalue weighted by atomic mass is 10.1. The van der Waals surface area contributed by atoms with E-state index in [1.807, 2.05) is 37.3 Å². The van der Waals surface area contributed by atoms with Gasteiger partial charge >= 0.3 is 0 Å². The van der Waals surface area contributed by atoms with Crippen LogP contribution in [-0.4, -0.2) is 25.0 Å². The molecule has 0 unspecified atom stereocenters. The van der Waals surface area contributed by atoms with Crippen LogP contribution in [0.1, 0.15) is 11.3 Å². The third kappa shape index (κ3) is 2.52. The van der Waals surface area contributed by atoms with E-state index in [2.05, 4.69) is 20.5 Å². The average molecular weight is 307 g/mol.